The molecule has 25 heavy (non-hydrogen) atoms. The van der Waals surface area contributed by atoms with E-state index in [1.54, 1.807) is 0 Å². The number of aromatic amines is 1. The van der Waals surface area contributed by atoms with Gasteiger partial charge in [-0.2, -0.15) is 0 Å². The molecule has 1 heterocycles. The Hall–Kier alpha value is -2.02. The molecule has 0 unspecified atom stereocenters. The number of fused-ring (bicyclic) bond motifs is 1. The normalized spacial score (nSPS) is 15.8. The van der Waals surface area contributed by atoms with Crippen LogP contribution in [0, 0.1) is 11.6 Å². The molecule has 0 aliphatic heterocycles. The number of aromatic nitrogens is 2. The number of nitrogens with zero attached hydrogens (tertiary/aromatic N) is 2. The van der Waals surface area contributed by atoms with Crippen molar-refractivity contribution in [2.45, 2.75) is 44.6 Å². The molecular weight excluding hydrogens is 326 g/mol. The number of halogens is 2. The zero-order valence-corrected chi connectivity index (χ0v) is 14.4. The Morgan fingerprint density at radius 3 is 2.84 bits per heavy atom. The summed E-state index contributed by atoms with van der Waals surface area (Å²) in [7, 11) is 2.10. The van der Waals surface area contributed by atoms with Crippen LogP contribution in [0.25, 0.3) is 11.0 Å². The van der Waals surface area contributed by atoms with Gasteiger partial charge in [0.05, 0.1) is 11.9 Å². The van der Waals surface area contributed by atoms with Crippen LogP contribution in [-0.2, 0) is 11.2 Å². The fourth-order valence-corrected chi connectivity index (χ4v) is 3.44. The number of hydrogen-bond acceptors (Lipinski definition) is 3. The summed E-state index contributed by atoms with van der Waals surface area (Å²) in [6.45, 7) is 1.37. The van der Waals surface area contributed by atoms with E-state index in [-0.39, 0.29) is 17.8 Å². The summed E-state index contributed by atoms with van der Waals surface area (Å²) < 4.78 is 26.9. The maximum absolute atomic E-state index is 13.7. The Labute approximate surface area is 145 Å². The van der Waals surface area contributed by atoms with Gasteiger partial charge in [0, 0.05) is 19.1 Å². The van der Waals surface area contributed by atoms with Gasteiger partial charge in [0.25, 0.3) is 0 Å². The van der Waals surface area contributed by atoms with Gasteiger partial charge >= 0.3 is 0 Å². The average molecular weight is 350 g/mol. The zero-order valence-electron chi connectivity index (χ0n) is 14.4. The monoisotopic (exact) mass is 350 g/mol. The highest BCUT2D eigenvalue weighted by atomic mass is 19.2. The fraction of sp³-hybridized carbons (Fsp3) is 0.556. The quantitative estimate of drug-likeness (QED) is 0.842. The van der Waals surface area contributed by atoms with E-state index in [9.17, 15) is 13.6 Å². The minimum absolute atomic E-state index is 0.0167. The molecule has 1 saturated carbocycles. The summed E-state index contributed by atoms with van der Waals surface area (Å²) in [6, 6.07) is 3.07. The van der Waals surface area contributed by atoms with Crippen LogP contribution >= 0.6 is 0 Å². The van der Waals surface area contributed by atoms with Crippen LogP contribution < -0.4 is 5.32 Å². The summed E-state index contributed by atoms with van der Waals surface area (Å²) in [6.07, 6.45) is 6.36. The van der Waals surface area contributed by atoms with Gasteiger partial charge in [0.15, 0.2) is 11.6 Å². The largest absolute Gasteiger partial charge is 0.354 e. The van der Waals surface area contributed by atoms with E-state index in [4.69, 9.17) is 0 Å². The lowest BCUT2D eigenvalue weighted by atomic mass is 9.94. The summed E-state index contributed by atoms with van der Waals surface area (Å²) >= 11 is 0. The van der Waals surface area contributed by atoms with Gasteiger partial charge in [-0.25, -0.2) is 13.8 Å². The van der Waals surface area contributed by atoms with E-state index >= 15 is 0 Å². The molecule has 0 radical (unpaired) electrons. The molecule has 7 heteroatoms. The number of likely N-dealkylation sites (N-methyl/N-ethyl adjacent to an activating group) is 1. The molecule has 0 spiro atoms. The second-order valence-electron chi connectivity index (χ2n) is 6.74. The van der Waals surface area contributed by atoms with Gasteiger partial charge in [-0.1, -0.05) is 19.3 Å². The van der Waals surface area contributed by atoms with Gasteiger partial charge in [0.2, 0.25) is 5.91 Å². The third-order valence-corrected chi connectivity index (χ3v) is 4.91. The first kappa shape index (κ1) is 17.8. The second-order valence-corrected chi connectivity index (χ2v) is 6.74. The minimum Gasteiger partial charge on any atom is -0.354 e. The fourth-order valence-electron chi connectivity index (χ4n) is 3.44. The standard InChI is InChI=1S/C18H24F2N4O/c1-24(12-5-3-2-4-6-12)10-9-21-16(25)11-15-22-14-8-7-13(19)17(20)18(14)23-15/h7-8,12H,2-6,9-11H2,1H3,(H,21,25)(H,22,23). The predicted octanol–water partition coefficient (Wildman–Crippen LogP) is 2.76. The highest BCUT2D eigenvalue weighted by Gasteiger charge is 2.18. The third kappa shape index (κ3) is 4.34. The Balaban J connectivity index is 1.48. The number of rotatable bonds is 6. The molecule has 5 nitrogen and oxygen atoms in total. The Kier molecular flexibility index (Phi) is 5.63. The number of carbonyl (C=O) groups excluding carboxylic acids is 1. The van der Waals surface area contributed by atoms with Crippen molar-refractivity contribution in [3.05, 3.63) is 29.6 Å². The molecule has 1 aliphatic rings. The number of carbonyl (C=O) groups is 1. The molecule has 1 aromatic heterocycles. The van der Waals surface area contributed by atoms with Gasteiger partial charge in [-0.15, -0.1) is 0 Å². The summed E-state index contributed by atoms with van der Waals surface area (Å²) in [5, 5.41) is 2.86. The van der Waals surface area contributed by atoms with Crippen molar-refractivity contribution in [1.29, 1.82) is 0 Å². The smallest absolute Gasteiger partial charge is 0.227 e. The van der Waals surface area contributed by atoms with Crippen LogP contribution in [0.15, 0.2) is 12.1 Å². The number of hydrogen-bond donors (Lipinski definition) is 2. The van der Waals surface area contributed by atoms with Crippen LogP contribution in [-0.4, -0.2) is 47.0 Å². The maximum atomic E-state index is 13.7. The van der Waals surface area contributed by atoms with Crippen molar-refractivity contribution in [3.63, 3.8) is 0 Å². The number of amides is 1. The van der Waals surface area contributed by atoms with Crippen LogP contribution in [0.5, 0.6) is 0 Å². The van der Waals surface area contributed by atoms with Crippen molar-refractivity contribution in [2.75, 3.05) is 20.1 Å². The summed E-state index contributed by atoms with van der Waals surface area (Å²) in [4.78, 5) is 21.2. The summed E-state index contributed by atoms with van der Waals surface area (Å²) in [5.41, 5.74) is 0.318. The highest BCUT2D eigenvalue weighted by molar-refractivity contribution is 5.80. The Morgan fingerprint density at radius 1 is 1.32 bits per heavy atom. The Morgan fingerprint density at radius 2 is 2.08 bits per heavy atom. The van der Waals surface area contributed by atoms with Crippen molar-refractivity contribution < 1.29 is 13.6 Å². The molecular formula is C18H24F2N4O. The molecule has 1 amide bonds. The van der Waals surface area contributed by atoms with E-state index in [1.165, 1.54) is 38.2 Å². The molecule has 0 bridgehead atoms. The van der Waals surface area contributed by atoms with Crippen LogP contribution in [0.1, 0.15) is 37.9 Å². The molecule has 3 rings (SSSR count). The van der Waals surface area contributed by atoms with Crippen molar-refractivity contribution in [1.82, 2.24) is 20.2 Å². The molecule has 2 aromatic rings. The van der Waals surface area contributed by atoms with E-state index in [1.807, 2.05) is 0 Å². The first-order valence-corrected chi connectivity index (χ1v) is 8.84. The molecule has 136 valence electrons. The number of benzene rings is 1. The van der Waals surface area contributed by atoms with Crippen molar-refractivity contribution in [3.8, 4) is 0 Å². The van der Waals surface area contributed by atoms with E-state index in [2.05, 4.69) is 27.2 Å². The SMILES string of the molecule is CN(CCNC(=O)Cc1nc2c(F)c(F)ccc2[nH]1)C1CCCCC1. The lowest BCUT2D eigenvalue weighted by molar-refractivity contribution is -0.120. The number of nitrogens with one attached hydrogen (secondary N) is 2. The molecule has 2 N–H and O–H groups in total. The van der Waals surface area contributed by atoms with Gasteiger partial charge in [-0.3, -0.25) is 4.79 Å². The lowest BCUT2D eigenvalue weighted by Crippen LogP contribution is -2.39. The predicted molar refractivity (Wildman–Crippen MR) is 92.2 cm³/mol. The van der Waals surface area contributed by atoms with Crippen molar-refractivity contribution >= 4 is 16.9 Å². The lowest BCUT2D eigenvalue weighted by Gasteiger charge is -2.31. The Bertz CT molecular complexity index is 740. The number of H-pyrrole nitrogens is 1. The van der Waals surface area contributed by atoms with Gasteiger partial charge < -0.3 is 15.2 Å². The van der Waals surface area contributed by atoms with E-state index < -0.39 is 11.6 Å². The first-order chi connectivity index (χ1) is 12.0. The van der Waals surface area contributed by atoms with Gasteiger partial charge in [0.1, 0.15) is 11.3 Å². The molecule has 1 fully saturated rings. The molecule has 0 saturated heterocycles. The van der Waals surface area contributed by atoms with Crippen LogP contribution in [0.2, 0.25) is 0 Å². The van der Waals surface area contributed by atoms with E-state index in [0.29, 0.717) is 23.9 Å². The van der Waals surface area contributed by atoms with Crippen LogP contribution in [0.4, 0.5) is 8.78 Å². The molecule has 1 aromatic carbocycles. The minimum atomic E-state index is -0.991. The van der Waals surface area contributed by atoms with Crippen molar-refractivity contribution in [2.24, 2.45) is 0 Å². The van der Waals surface area contributed by atoms with Gasteiger partial charge in [-0.05, 0) is 32.0 Å². The zero-order chi connectivity index (χ0) is 17.8. The topological polar surface area (TPSA) is 61.0 Å². The average Bonchev–Trinajstić information content (AvgIpc) is 3.02. The third-order valence-electron chi connectivity index (χ3n) is 4.91. The molecule has 1 aliphatic carbocycles. The second kappa shape index (κ2) is 7.91. The van der Waals surface area contributed by atoms with E-state index in [0.717, 1.165) is 12.6 Å². The van der Waals surface area contributed by atoms with Crippen LogP contribution in [0.3, 0.4) is 0 Å². The highest BCUT2D eigenvalue weighted by Crippen LogP contribution is 2.21. The molecule has 0 atom stereocenters. The maximum Gasteiger partial charge on any atom is 0.227 e. The first-order valence-electron chi connectivity index (χ1n) is 8.84. The summed E-state index contributed by atoms with van der Waals surface area (Å²) in [5.74, 6) is -1.79. The number of imidazole rings is 1.